The van der Waals surface area contributed by atoms with E-state index in [0.29, 0.717) is 0 Å². The molecule has 2 aliphatic carbocycles. The molecule has 0 saturated heterocycles. The lowest BCUT2D eigenvalue weighted by Crippen LogP contribution is -1.80. The minimum atomic E-state index is 0.978. The molecule has 0 saturated carbocycles. The maximum absolute atomic E-state index is 3.05. The van der Waals surface area contributed by atoms with E-state index in [1.807, 2.05) is 36.5 Å². The molecule has 0 nitrogen and oxygen atoms in total. The van der Waals surface area contributed by atoms with E-state index in [2.05, 4.69) is 30.0 Å². The van der Waals surface area contributed by atoms with E-state index < -0.39 is 0 Å². The fourth-order valence-corrected chi connectivity index (χ4v) is 1.31. The molecule has 0 aliphatic heterocycles. The Morgan fingerprint density at radius 2 is 2.29 bits per heavy atom. The summed E-state index contributed by atoms with van der Waals surface area (Å²) in [4.78, 5) is 0. The van der Waals surface area contributed by atoms with Gasteiger partial charge in [-0.3, -0.25) is 0 Å². The van der Waals surface area contributed by atoms with Gasteiger partial charge in [0.05, 0.1) is 17.7 Å². The van der Waals surface area contributed by atoms with Gasteiger partial charge in [0.1, 0.15) is 12.2 Å². The summed E-state index contributed by atoms with van der Waals surface area (Å²) in [6.45, 7) is 0. The molecule has 0 bridgehead atoms. The Balaban J connectivity index is 2.04. The van der Waals surface area contributed by atoms with E-state index in [1.165, 1.54) is 11.1 Å². The van der Waals surface area contributed by atoms with E-state index >= 15 is 0 Å². The van der Waals surface area contributed by atoms with Gasteiger partial charge in [0.25, 0.3) is 0 Å². The van der Waals surface area contributed by atoms with Crippen molar-refractivity contribution in [2.75, 3.05) is 0 Å². The highest BCUT2D eigenvalue weighted by Gasteiger charge is 1.97. The van der Waals surface area contributed by atoms with Gasteiger partial charge < -0.3 is 0 Å². The predicted octanol–water partition coefficient (Wildman–Crippen LogP) is 3.44. The largest absolute Gasteiger partial charge is 0.125 e. The molecule has 0 aromatic rings. The van der Waals surface area contributed by atoms with Gasteiger partial charge in [0.2, 0.25) is 0 Å². The first-order valence-corrected chi connectivity index (χ1v) is 4.69. The van der Waals surface area contributed by atoms with Gasteiger partial charge >= 0.3 is 0 Å². The van der Waals surface area contributed by atoms with Gasteiger partial charge in [-0.15, -0.1) is 5.73 Å². The minimum Gasteiger partial charge on any atom is -0.125 e. The van der Waals surface area contributed by atoms with Crippen LogP contribution in [0.2, 0.25) is 0 Å². The lowest BCUT2D eigenvalue weighted by Gasteiger charge is -1.97. The summed E-state index contributed by atoms with van der Waals surface area (Å²) < 4.78 is 0. The number of rotatable bonds is 2. The lowest BCUT2D eigenvalue weighted by molar-refractivity contribution is 1.27. The first-order valence-electron chi connectivity index (χ1n) is 4.69. The summed E-state index contributed by atoms with van der Waals surface area (Å²) in [6.07, 6.45) is 22.3. The van der Waals surface area contributed by atoms with Crippen molar-refractivity contribution in [3.05, 3.63) is 77.6 Å². The van der Waals surface area contributed by atoms with Crippen LogP contribution in [-0.4, -0.2) is 0 Å². The maximum atomic E-state index is 3.05. The van der Waals surface area contributed by atoms with Crippen molar-refractivity contribution < 1.29 is 0 Å². The van der Waals surface area contributed by atoms with Crippen LogP contribution in [0.3, 0.4) is 0 Å². The van der Waals surface area contributed by atoms with E-state index in [-0.39, 0.29) is 0 Å². The molecule has 0 unspecified atom stereocenters. The molecule has 14 heavy (non-hydrogen) atoms. The van der Waals surface area contributed by atoms with Crippen LogP contribution in [0.1, 0.15) is 6.42 Å². The molecule has 2 aliphatic rings. The van der Waals surface area contributed by atoms with Gasteiger partial charge in [-0.05, 0) is 30.2 Å². The highest BCUT2D eigenvalue weighted by molar-refractivity contribution is 5.41. The van der Waals surface area contributed by atoms with Crippen LogP contribution in [0.4, 0.5) is 0 Å². The smallest absolute Gasteiger partial charge is 0.103 e. The Kier molecular flexibility index (Phi) is 2.73. The third-order valence-corrected chi connectivity index (χ3v) is 2.08. The zero-order valence-electron chi connectivity index (χ0n) is 7.90. The van der Waals surface area contributed by atoms with Crippen molar-refractivity contribution in [1.29, 1.82) is 0 Å². The maximum Gasteiger partial charge on any atom is 0.103 e. The average Bonchev–Trinajstić information content (AvgIpc) is 2.29. The van der Waals surface area contributed by atoms with Gasteiger partial charge in [-0.1, -0.05) is 12.2 Å². The second-order valence-corrected chi connectivity index (χ2v) is 3.15. The summed E-state index contributed by atoms with van der Waals surface area (Å²) in [6, 6.07) is 0. The Labute approximate surface area is 84.6 Å². The molecule has 0 atom stereocenters. The Bertz CT molecular complexity index is 417. The molecule has 0 amide bonds. The summed E-state index contributed by atoms with van der Waals surface area (Å²) in [7, 11) is 0. The van der Waals surface area contributed by atoms with Crippen LogP contribution < -0.4 is 0 Å². The molecule has 0 spiro atoms. The summed E-state index contributed by atoms with van der Waals surface area (Å²) in [5.41, 5.74) is 5.58. The Morgan fingerprint density at radius 1 is 1.29 bits per heavy atom. The number of allylic oxidation sites excluding steroid dienone is 11. The van der Waals surface area contributed by atoms with Crippen molar-refractivity contribution in [1.82, 2.24) is 0 Å². The standard InChI is InChI=1S/C14H11/c1-3-7-13(8-4-1)11-12-14-9-5-2-6-10-14/h3-9,11-12H,10H2/q+1/b12-11+. The second kappa shape index (κ2) is 4.39. The zero-order valence-corrected chi connectivity index (χ0v) is 7.90. The molecule has 0 N–H and O–H groups in total. The number of hydrogen-bond donors (Lipinski definition) is 0. The monoisotopic (exact) mass is 179 g/mol. The Hall–Kier alpha value is -1.87. The average molecular weight is 179 g/mol. The first kappa shape index (κ1) is 8.72. The molecular weight excluding hydrogens is 168 g/mol. The van der Waals surface area contributed by atoms with E-state index in [9.17, 15) is 0 Å². The van der Waals surface area contributed by atoms with Gasteiger partial charge in [-0.2, -0.15) is 0 Å². The van der Waals surface area contributed by atoms with Crippen molar-refractivity contribution in [2.24, 2.45) is 0 Å². The van der Waals surface area contributed by atoms with Crippen molar-refractivity contribution in [2.45, 2.75) is 6.42 Å². The minimum absolute atomic E-state index is 0.978. The van der Waals surface area contributed by atoms with Crippen molar-refractivity contribution in [3.63, 3.8) is 0 Å². The zero-order chi connectivity index (χ0) is 9.64. The first-order chi connectivity index (χ1) is 6.95. The van der Waals surface area contributed by atoms with E-state index in [1.54, 1.807) is 0 Å². The van der Waals surface area contributed by atoms with Crippen LogP contribution in [-0.2, 0) is 0 Å². The highest BCUT2D eigenvalue weighted by Crippen LogP contribution is 2.11. The van der Waals surface area contributed by atoms with Crippen LogP contribution in [0.15, 0.2) is 71.6 Å². The van der Waals surface area contributed by atoms with E-state index in [0.717, 1.165) is 6.42 Å². The SMILES string of the molecule is C1=CC=C(/C=C/C2=CC=[C+]C=C2)CC=1. The quantitative estimate of drug-likeness (QED) is 0.450. The molecule has 0 aromatic carbocycles. The van der Waals surface area contributed by atoms with Crippen molar-refractivity contribution in [3.8, 4) is 0 Å². The molecule has 0 fully saturated rings. The molecule has 0 aromatic heterocycles. The predicted molar refractivity (Wildman–Crippen MR) is 59.5 cm³/mol. The highest BCUT2D eigenvalue weighted by atomic mass is 14.0. The fraction of sp³-hybridized carbons (Fsp3) is 0.0714. The molecular formula is C14H11+. The van der Waals surface area contributed by atoms with Gasteiger partial charge in [0, 0.05) is 6.08 Å². The normalized spacial score (nSPS) is 18.3. The second-order valence-electron chi connectivity index (χ2n) is 3.15. The third-order valence-electron chi connectivity index (χ3n) is 2.08. The van der Waals surface area contributed by atoms with Crippen molar-refractivity contribution >= 4 is 0 Å². The van der Waals surface area contributed by atoms with Crippen LogP contribution in [0, 0.1) is 6.08 Å². The molecule has 0 heteroatoms. The van der Waals surface area contributed by atoms with Crippen LogP contribution >= 0.6 is 0 Å². The van der Waals surface area contributed by atoms with Gasteiger partial charge in [-0.25, -0.2) is 0 Å². The topological polar surface area (TPSA) is 0 Å². The molecule has 0 heterocycles. The van der Waals surface area contributed by atoms with E-state index in [4.69, 9.17) is 0 Å². The number of hydrogen-bond acceptors (Lipinski definition) is 0. The summed E-state index contributed by atoms with van der Waals surface area (Å²) >= 11 is 0. The summed E-state index contributed by atoms with van der Waals surface area (Å²) in [5.74, 6) is 0. The Morgan fingerprint density at radius 3 is 3.00 bits per heavy atom. The van der Waals surface area contributed by atoms with Gasteiger partial charge in [0.15, 0.2) is 0 Å². The third kappa shape index (κ3) is 2.31. The molecule has 2 rings (SSSR count). The fourth-order valence-electron chi connectivity index (χ4n) is 1.31. The summed E-state index contributed by atoms with van der Waals surface area (Å²) in [5, 5.41) is 0. The van der Waals surface area contributed by atoms with Crippen LogP contribution in [0.25, 0.3) is 0 Å². The molecule has 0 radical (unpaired) electrons. The lowest BCUT2D eigenvalue weighted by atomic mass is 10.1. The molecule has 66 valence electrons. The van der Waals surface area contributed by atoms with Crippen LogP contribution in [0.5, 0.6) is 0 Å².